The minimum Gasteiger partial charge on any atom is -0.865 e. The van der Waals surface area contributed by atoms with Crippen molar-refractivity contribution in [1.29, 1.82) is 0 Å². The van der Waals surface area contributed by atoms with Gasteiger partial charge in [-0.2, -0.15) is 11.3 Å². The third kappa shape index (κ3) is 2.51. The first-order valence-electron chi connectivity index (χ1n) is 1.70. The van der Waals surface area contributed by atoms with Gasteiger partial charge in [-0.25, -0.2) is 0 Å². The fourth-order valence-corrected chi connectivity index (χ4v) is 1.43. The van der Waals surface area contributed by atoms with E-state index >= 15 is 0 Å². The Kier molecular flexibility index (Phi) is 4.38. The van der Waals surface area contributed by atoms with Gasteiger partial charge in [-0.15, -0.1) is 0 Å². The van der Waals surface area contributed by atoms with Crippen molar-refractivity contribution in [3.8, 4) is 5.06 Å². The Morgan fingerprint density at radius 2 is 2.25 bits per heavy atom. The van der Waals surface area contributed by atoms with E-state index in [0.29, 0.717) is 0 Å². The van der Waals surface area contributed by atoms with Crippen molar-refractivity contribution >= 4 is 27.3 Å². The molecule has 1 aromatic rings. The molecule has 0 aromatic carbocycles. The SMILES string of the molecule is [Na+].[O-]c1cc(Br)cs1. The average molecular weight is 201 g/mol. The summed E-state index contributed by atoms with van der Waals surface area (Å²) in [4.78, 5) is 0. The summed E-state index contributed by atoms with van der Waals surface area (Å²) in [6.45, 7) is 0. The maximum atomic E-state index is 10.3. The summed E-state index contributed by atoms with van der Waals surface area (Å²) < 4.78 is 0.877. The van der Waals surface area contributed by atoms with Crippen molar-refractivity contribution in [2.45, 2.75) is 0 Å². The maximum Gasteiger partial charge on any atom is 1.00 e. The maximum absolute atomic E-state index is 10.3. The zero-order valence-corrected chi connectivity index (χ0v) is 8.75. The molecule has 0 fully saturated rings. The van der Waals surface area contributed by atoms with E-state index in [4.69, 9.17) is 0 Å². The van der Waals surface area contributed by atoms with Crippen LogP contribution in [0.3, 0.4) is 0 Å². The summed E-state index contributed by atoms with van der Waals surface area (Å²) in [5.74, 6) is 0. The first kappa shape index (κ1) is 8.98. The van der Waals surface area contributed by atoms with Crippen molar-refractivity contribution in [3.63, 3.8) is 0 Å². The van der Waals surface area contributed by atoms with Crippen LogP contribution in [0.15, 0.2) is 15.9 Å². The molecule has 0 aliphatic carbocycles. The Labute approximate surface area is 82.1 Å². The Morgan fingerprint density at radius 3 is 2.38 bits per heavy atom. The van der Waals surface area contributed by atoms with Crippen LogP contribution in [0.1, 0.15) is 0 Å². The van der Waals surface area contributed by atoms with Gasteiger partial charge in [-0.3, -0.25) is 0 Å². The fourth-order valence-electron chi connectivity index (χ4n) is 0.295. The Hall–Kier alpha value is 0.980. The predicted octanol–water partition coefficient (Wildman–Crippen LogP) is -1.41. The largest absolute Gasteiger partial charge is 1.00 e. The van der Waals surface area contributed by atoms with Crippen LogP contribution in [0.5, 0.6) is 5.06 Å². The molecule has 0 unspecified atom stereocenters. The number of hydrogen-bond donors (Lipinski definition) is 0. The summed E-state index contributed by atoms with van der Waals surface area (Å²) >= 11 is 4.34. The third-order valence-electron chi connectivity index (χ3n) is 0.543. The minimum atomic E-state index is 0. The van der Waals surface area contributed by atoms with Crippen molar-refractivity contribution in [1.82, 2.24) is 0 Å². The first-order valence-corrected chi connectivity index (χ1v) is 3.37. The monoisotopic (exact) mass is 200 g/mol. The Bertz CT molecular complexity index is 148. The molecule has 0 bridgehead atoms. The fraction of sp³-hybridized carbons (Fsp3) is 0. The van der Waals surface area contributed by atoms with Gasteiger partial charge in [0.1, 0.15) is 0 Å². The van der Waals surface area contributed by atoms with Crippen LogP contribution < -0.4 is 34.7 Å². The molecule has 1 aromatic heterocycles. The Balaban J connectivity index is 0.000000490. The summed E-state index contributed by atoms with van der Waals surface area (Å²) in [6.07, 6.45) is 0. The van der Waals surface area contributed by atoms with Crippen LogP contribution in [0.2, 0.25) is 0 Å². The van der Waals surface area contributed by atoms with Gasteiger partial charge in [0.05, 0.1) is 0 Å². The van der Waals surface area contributed by atoms with Crippen LogP contribution in [0, 0.1) is 0 Å². The van der Waals surface area contributed by atoms with Gasteiger partial charge in [-0.1, -0.05) is 5.06 Å². The number of thiophene rings is 1. The molecule has 0 saturated carbocycles. The topological polar surface area (TPSA) is 23.1 Å². The van der Waals surface area contributed by atoms with E-state index in [-0.39, 0.29) is 34.6 Å². The van der Waals surface area contributed by atoms with Gasteiger partial charge in [0, 0.05) is 9.85 Å². The van der Waals surface area contributed by atoms with Crippen LogP contribution in [-0.4, -0.2) is 0 Å². The second-order valence-corrected chi connectivity index (χ2v) is 2.87. The van der Waals surface area contributed by atoms with E-state index in [1.165, 1.54) is 11.3 Å². The van der Waals surface area contributed by atoms with Crippen LogP contribution in [0.4, 0.5) is 0 Å². The average Bonchev–Trinajstić information content (AvgIpc) is 1.87. The predicted molar refractivity (Wildman–Crippen MR) is 31.5 cm³/mol. The van der Waals surface area contributed by atoms with E-state index in [1.807, 2.05) is 0 Å². The molecule has 0 aliphatic heterocycles. The second kappa shape index (κ2) is 3.90. The molecule has 0 spiro atoms. The molecule has 4 heteroatoms. The van der Waals surface area contributed by atoms with E-state index in [1.54, 1.807) is 11.4 Å². The molecular formula is C4H2BrNaOS. The Morgan fingerprint density at radius 1 is 1.62 bits per heavy atom. The van der Waals surface area contributed by atoms with Crippen molar-refractivity contribution in [2.75, 3.05) is 0 Å². The first-order chi connectivity index (χ1) is 3.29. The van der Waals surface area contributed by atoms with E-state index < -0.39 is 0 Å². The summed E-state index contributed by atoms with van der Waals surface area (Å²) in [6, 6.07) is 1.55. The zero-order valence-electron chi connectivity index (χ0n) is 4.35. The molecule has 0 aliphatic rings. The number of halogens is 1. The van der Waals surface area contributed by atoms with Gasteiger partial charge in [0.15, 0.2) is 0 Å². The standard InChI is InChI=1S/C4H3BrOS.Na/c5-3-1-4(6)7-2-3;/h1-2,6H;/q;+1/p-1. The molecule has 0 radical (unpaired) electrons. The molecule has 8 heavy (non-hydrogen) atoms. The van der Waals surface area contributed by atoms with Gasteiger partial charge in [0.25, 0.3) is 0 Å². The molecule has 0 N–H and O–H groups in total. The zero-order chi connectivity index (χ0) is 5.28. The van der Waals surface area contributed by atoms with Crippen molar-refractivity contribution < 1.29 is 34.7 Å². The molecular weight excluding hydrogens is 199 g/mol. The van der Waals surface area contributed by atoms with Crippen LogP contribution in [0.25, 0.3) is 0 Å². The van der Waals surface area contributed by atoms with Crippen LogP contribution >= 0.6 is 27.3 Å². The summed E-state index contributed by atoms with van der Waals surface area (Å²) in [5.41, 5.74) is 0. The molecule has 0 amide bonds. The van der Waals surface area contributed by atoms with Crippen molar-refractivity contribution in [2.24, 2.45) is 0 Å². The smallest absolute Gasteiger partial charge is 0.865 e. The molecule has 38 valence electrons. The molecule has 0 saturated heterocycles. The summed E-state index contributed by atoms with van der Waals surface area (Å²) in [5, 5.41) is 12.1. The van der Waals surface area contributed by atoms with Crippen LogP contribution in [-0.2, 0) is 0 Å². The molecule has 0 atom stereocenters. The van der Waals surface area contributed by atoms with Gasteiger partial charge in [0.2, 0.25) is 0 Å². The van der Waals surface area contributed by atoms with E-state index in [9.17, 15) is 5.11 Å². The van der Waals surface area contributed by atoms with E-state index in [0.717, 1.165) is 4.47 Å². The van der Waals surface area contributed by atoms with Gasteiger partial charge < -0.3 is 5.11 Å². The van der Waals surface area contributed by atoms with E-state index in [2.05, 4.69) is 15.9 Å². The van der Waals surface area contributed by atoms with Gasteiger partial charge in [-0.05, 0) is 22.0 Å². The second-order valence-electron chi connectivity index (χ2n) is 1.08. The number of hydrogen-bond acceptors (Lipinski definition) is 2. The summed E-state index contributed by atoms with van der Waals surface area (Å²) in [7, 11) is 0. The number of rotatable bonds is 0. The quantitative estimate of drug-likeness (QED) is 0.473. The van der Waals surface area contributed by atoms with Crippen molar-refractivity contribution in [3.05, 3.63) is 15.9 Å². The normalized spacial score (nSPS) is 8.12. The van der Waals surface area contributed by atoms with Gasteiger partial charge >= 0.3 is 29.6 Å². The third-order valence-corrected chi connectivity index (χ3v) is 2.03. The molecule has 1 rings (SSSR count). The molecule has 1 nitrogen and oxygen atoms in total. The minimum absolute atomic E-state index is 0. The molecule has 1 heterocycles.